The highest BCUT2D eigenvalue weighted by Gasteiger charge is 2.13. The second-order valence-electron chi connectivity index (χ2n) is 18.3. The lowest BCUT2D eigenvalue weighted by molar-refractivity contribution is -0.133. The molecule has 0 atom stereocenters. The van der Waals surface area contributed by atoms with Crippen LogP contribution < -0.4 is 0 Å². The van der Waals surface area contributed by atoms with Crippen molar-refractivity contribution in [2.45, 2.75) is 316 Å². The molecule has 3 aliphatic carbocycles. The first kappa shape index (κ1) is 54.2. The molecule has 3 rings (SSSR count). The maximum absolute atomic E-state index is 10.4. The number of hydrogen-bond acceptors (Lipinski definition) is 1. The summed E-state index contributed by atoms with van der Waals surface area (Å²) in [6, 6.07) is 0. The van der Waals surface area contributed by atoms with Crippen LogP contribution >= 0.6 is 0 Å². The van der Waals surface area contributed by atoms with Gasteiger partial charge >= 0.3 is 5.97 Å². The Morgan fingerprint density at radius 1 is 0.309 bits per heavy atom. The molecule has 0 bridgehead atoms. The van der Waals surface area contributed by atoms with Gasteiger partial charge in [-0.15, -0.1) is 0 Å². The molecule has 3 fully saturated rings. The molecular formula is C53H104O2. The monoisotopic (exact) mass is 773 g/mol. The highest BCUT2D eigenvalue weighted by molar-refractivity contribution is 5.86. The van der Waals surface area contributed by atoms with E-state index in [-0.39, 0.29) is 5.92 Å². The number of carboxylic acid groups (broad SMARTS) is 1. The van der Waals surface area contributed by atoms with Crippen LogP contribution in [0.2, 0.25) is 0 Å². The van der Waals surface area contributed by atoms with Crippen LogP contribution in [-0.2, 0) is 4.79 Å². The summed E-state index contributed by atoms with van der Waals surface area (Å²) in [5.41, 5.74) is 0.338. The highest BCUT2D eigenvalue weighted by atomic mass is 16.4. The highest BCUT2D eigenvalue weighted by Crippen LogP contribution is 2.20. The number of aliphatic carboxylic acids is 1. The van der Waals surface area contributed by atoms with Gasteiger partial charge in [0.2, 0.25) is 0 Å². The van der Waals surface area contributed by atoms with Gasteiger partial charge in [-0.3, -0.25) is 0 Å². The third-order valence-electron chi connectivity index (χ3n) is 13.0. The minimum Gasteiger partial charge on any atom is -0.478 e. The maximum Gasteiger partial charge on any atom is 0.331 e. The fourth-order valence-electron chi connectivity index (χ4n) is 8.91. The molecule has 3 saturated carbocycles. The van der Waals surface area contributed by atoms with Crippen LogP contribution in [0.3, 0.4) is 0 Å². The van der Waals surface area contributed by atoms with E-state index in [1.807, 2.05) is 13.8 Å². The normalized spacial score (nSPS) is 21.4. The van der Waals surface area contributed by atoms with Crippen molar-refractivity contribution in [3.63, 3.8) is 0 Å². The molecule has 0 unspecified atom stereocenters. The van der Waals surface area contributed by atoms with Crippen molar-refractivity contribution in [1.29, 1.82) is 0 Å². The van der Waals surface area contributed by atoms with Crippen LogP contribution in [0.25, 0.3) is 0 Å². The van der Waals surface area contributed by atoms with Crippen molar-refractivity contribution < 1.29 is 9.90 Å². The summed E-state index contributed by atoms with van der Waals surface area (Å²) in [7, 11) is 0. The van der Waals surface area contributed by atoms with Crippen LogP contribution in [-0.4, -0.2) is 11.1 Å². The Balaban J connectivity index is 0.000000715. The van der Waals surface area contributed by atoms with Gasteiger partial charge in [0.15, 0.2) is 0 Å². The molecule has 0 aromatic carbocycles. The Labute approximate surface area is 348 Å². The minimum absolute atomic E-state index is 0.150. The van der Waals surface area contributed by atoms with Gasteiger partial charge in [0, 0.05) is 5.57 Å². The van der Waals surface area contributed by atoms with Crippen LogP contribution in [0.15, 0.2) is 12.2 Å². The van der Waals surface area contributed by atoms with Crippen LogP contribution in [0.5, 0.6) is 0 Å². The summed E-state index contributed by atoms with van der Waals surface area (Å²) >= 11 is 0. The Bertz CT molecular complexity index is 492. The van der Waals surface area contributed by atoms with Crippen LogP contribution in [0.1, 0.15) is 316 Å². The molecule has 0 saturated heterocycles. The lowest BCUT2D eigenvalue weighted by Gasteiger charge is -2.10. The molecule has 0 aromatic rings. The first-order chi connectivity index (χ1) is 27.1. The molecule has 3 aliphatic rings. The van der Waals surface area contributed by atoms with E-state index in [1.165, 1.54) is 289 Å². The lowest BCUT2D eigenvalue weighted by atomic mass is 9.95. The molecule has 55 heavy (non-hydrogen) atoms. The summed E-state index contributed by atoms with van der Waals surface area (Å²) in [5.74, 6) is -0.716. The summed E-state index contributed by atoms with van der Waals surface area (Å²) in [4.78, 5) is 10.4. The Kier molecular flexibility index (Phi) is 46.9. The lowest BCUT2D eigenvalue weighted by Crippen LogP contribution is -2.09. The standard InChI is InChI=1S/3C15H30.C8H14O2/c3*1-2-4-6-8-10-12-14-15-13-11-9-7-5-3-1;1-4-7(5-2)6(3)8(9)10/h3*1-15H2;7H,3-5H2,1-2H3,(H,9,10). The summed E-state index contributed by atoms with van der Waals surface area (Å²) in [5, 5.41) is 8.52. The van der Waals surface area contributed by atoms with Gasteiger partial charge in [-0.05, 0) is 18.8 Å². The number of rotatable bonds is 4. The first-order valence-electron chi connectivity index (χ1n) is 26.1. The maximum atomic E-state index is 10.4. The second-order valence-corrected chi connectivity index (χ2v) is 18.3. The van der Waals surface area contributed by atoms with E-state index in [9.17, 15) is 4.79 Å². The number of carboxylic acids is 1. The first-order valence-corrected chi connectivity index (χ1v) is 26.1. The zero-order valence-electron chi connectivity index (χ0n) is 38.4. The van der Waals surface area contributed by atoms with Gasteiger partial charge in [0.25, 0.3) is 0 Å². The van der Waals surface area contributed by atoms with Gasteiger partial charge in [-0.25, -0.2) is 4.79 Å². The van der Waals surface area contributed by atoms with E-state index in [4.69, 9.17) is 5.11 Å². The minimum atomic E-state index is -0.867. The van der Waals surface area contributed by atoms with Crippen molar-refractivity contribution in [3.8, 4) is 0 Å². The quantitative estimate of drug-likeness (QED) is 0.289. The van der Waals surface area contributed by atoms with E-state index < -0.39 is 5.97 Å². The summed E-state index contributed by atoms with van der Waals surface area (Å²) < 4.78 is 0. The van der Waals surface area contributed by atoms with Crippen LogP contribution in [0.4, 0.5) is 0 Å². The number of carbonyl (C=O) groups is 1. The third kappa shape index (κ3) is 44.2. The van der Waals surface area contributed by atoms with E-state index >= 15 is 0 Å². The van der Waals surface area contributed by atoms with Gasteiger partial charge in [-0.2, -0.15) is 0 Å². The van der Waals surface area contributed by atoms with Gasteiger partial charge in [0.05, 0.1) is 0 Å². The molecule has 0 heterocycles. The average Bonchev–Trinajstić information content (AvgIpc) is 3.23. The zero-order chi connectivity index (χ0) is 40.0. The zero-order valence-corrected chi connectivity index (χ0v) is 38.4. The molecule has 1 N–H and O–H groups in total. The average molecular weight is 773 g/mol. The SMILES string of the molecule is C1CCCCCCCCCCCCCC1.C1CCCCCCCCCCCCCC1.C1CCCCCCCCCCCCCC1.C=C(C(=O)O)C(CC)CC. The predicted octanol–water partition coefficient (Wildman–Crippen LogP) is 19.6. The largest absolute Gasteiger partial charge is 0.478 e. The van der Waals surface area contributed by atoms with Gasteiger partial charge < -0.3 is 5.11 Å². The molecule has 0 spiro atoms. The molecule has 0 amide bonds. The summed E-state index contributed by atoms with van der Waals surface area (Å²) in [6.07, 6.45) is 69.2. The predicted molar refractivity (Wildman–Crippen MR) is 249 cm³/mol. The van der Waals surface area contributed by atoms with Crippen LogP contribution in [0, 0.1) is 5.92 Å². The summed E-state index contributed by atoms with van der Waals surface area (Å²) in [6.45, 7) is 7.45. The molecule has 0 aliphatic heterocycles. The molecular weight excluding hydrogens is 669 g/mol. The Morgan fingerprint density at radius 3 is 0.436 bits per heavy atom. The third-order valence-corrected chi connectivity index (χ3v) is 13.0. The number of hydrogen-bond donors (Lipinski definition) is 1. The molecule has 2 nitrogen and oxygen atoms in total. The van der Waals surface area contributed by atoms with Crippen molar-refractivity contribution in [1.82, 2.24) is 0 Å². The second kappa shape index (κ2) is 47.6. The molecule has 328 valence electrons. The van der Waals surface area contributed by atoms with Crippen molar-refractivity contribution >= 4 is 5.97 Å². The van der Waals surface area contributed by atoms with Crippen molar-refractivity contribution in [3.05, 3.63) is 12.2 Å². The molecule has 2 heteroatoms. The fourth-order valence-corrected chi connectivity index (χ4v) is 8.91. The molecule has 0 aromatic heterocycles. The molecule has 0 radical (unpaired) electrons. The van der Waals surface area contributed by atoms with E-state index in [2.05, 4.69) is 6.58 Å². The fraction of sp³-hybridized carbons (Fsp3) is 0.943. The van der Waals surface area contributed by atoms with Crippen molar-refractivity contribution in [2.75, 3.05) is 0 Å². The Hall–Kier alpha value is -0.790. The van der Waals surface area contributed by atoms with Crippen molar-refractivity contribution in [2.24, 2.45) is 5.92 Å². The van der Waals surface area contributed by atoms with E-state index in [1.54, 1.807) is 0 Å². The Morgan fingerprint density at radius 2 is 0.400 bits per heavy atom. The van der Waals surface area contributed by atoms with E-state index in [0.717, 1.165) is 12.8 Å². The van der Waals surface area contributed by atoms with Gasteiger partial charge in [-0.1, -0.05) is 309 Å². The topological polar surface area (TPSA) is 37.3 Å². The van der Waals surface area contributed by atoms with E-state index in [0.29, 0.717) is 5.57 Å². The smallest absolute Gasteiger partial charge is 0.331 e. The van der Waals surface area contributed by atoms with Gasteiger partial charge in [0.1, 0.15) is 0 Å².